The molecular weight excluding hydrogens is 444 g/mol. The lowest BCUT2D eigenvalue weighted by Crippen LogP contribution is -2.29. The maximum absolute atomic E-state index is 13.0. The van der Waals surface area contributed by atoms with E-state index >= 15 is 0 Å². The molecule has 30 heavy (non-hydrogen) atoms. The monoisotopic (exact) mass is 462 g/mol. The molecule has 1 aliphatic rings. The summed E-state index contributed by atoms with van der Waals surface area (Å²) < 4.78 is 0.899. The second kappa shape index (κ2) is 8.24. The number of ketones is 1. The van der Waals surface area contributed by atoms with Crippen molar-refractivity contribution in [3.05, 3.63) is 105 Å². The molecule has 1 amide bonds. The largest absolute Gasteiger partial charge is 0.507 e. The number of likely N-dealkylation sites (tertiary alicyclic amines) is 1. The van der Waals surface area contributed by atoms with Gasteiger partial charge in [-0.05, 0) is 41.8 Å². The zero-order valence-electron chi connectivity index (χ0n) is 16.2. The maximum Gasteiger partial charge on any atom is 0.295 e. The molecule has 1 saturated heterocycles. The lowest BCUT2D eigenvalue weighted by Gasteiger charge is -2.25. The Kier molecular flexibility index (Phi) is 5.50. The molecule has 1 unspecified atom stereocenters. The van der Waals surface area contributed by atoms with Gasteiger partial charge in [0.15, 0.2) is 0 Å². The minimum absolute atomic E-state index is 0.0943. The number of carbonyl (C=O) groups is 2. The zero-order chi connectivity index (χ0) is 21.3. The Balaban J connectivity index is 1.86. The molecule has 1 aliphatic heterocycles. The number of benzene rings is 2. The van der Waals surface area contributed by atoms with Crippen molar-refractivity contribution < 1.29 is 14.7 Å². The summed E-state index contributed by atoms with van der Waals surface area (Å²) in [5.74, 6) is -1.50. The molecule has 1 atom stereocenters. The van der Waals surface area contributed by atoms with Crippen molar-refractivity contribution in [1.29, 1.82) is 0 Å². The molecule has 6 heteroatoms. The number of aliphatic hydroxyl groups excluding tert-OH is 1. The summed E-state index contributed by atoms with van der Waals surface area (Å²) in [6.07, 6.45) is 3.32. The van der Waals surface area contributed by atoms with E-state index in [1.165, 1.54) is 4.90 Å². The number of amides is 1. The van der Waals surface area contributed by atoms with Crippen LogP contribution in [0.5, 0.6) is 0 Å². The summed E-state index contributed by atoms with van der Waals surface area (Å²) in [6, 6.07) is 17.6. The molecule has 150 valence electrons. The third-order valence-electron chi connectivity index (χ3n) is 5.16. The molecule has 0 spiro atoms. The molecule has 0 bridgehead atoms. The number of Topliss-reactive ketones (excluding diaryl/α,β-unsaturated/α-hetero) is 1. The fourth-order valence-corrected chi connectivity index (χ4v) is 3.91. The Hall–Kier alpha value is -3.25. The number of aryl methyl sites for hydroxylation is 1. The molecule has 0 radical (unpaired) electrons. The topological polar surface area (TPSA) is 70.5 Å². The van der Waals surface area contributed by atoms with E-state index in [0.717, 1.165) is 21.2 Å². The second-order valence-corrected chi connectivity index (χ2v) is 8.02. The number of aromatic nitrogens is 1. The average Bonchev–Trinajstić information content (AvgIpc) is 3.01. The van der Waals surface area contributed by atoms with Crippen LogP contribution < -0.4 is 0 Å². The van der Waals surface area contributed by atoms with Crippen molar-refractivity contribution in [2.75, 3.05) is 0 Å². The SMILES string of the molecule is Cc1cc(/C(O)=C2/C(=O)C(=O)N(Cc3cccnc3)C2c2ccccc2)ccc1Br. The summed E-state index contributed by atoms with van der Waals surface area (Å²) in [7, 11) is 0. The lowest BCUT2D eigenvalue weighted by molar-refractivity contribution is -0.140. The highest BCUT2D eigenvalue weighted by Crippen LogP contribution is 2.40. The quantitative estimate of drug-likeness (QED) is 0.344. The van der Waals surface area contributed by atoms with Gasteiger partial charge in [0.25, 0.3) is 11.7 Å². The normalized spacial score (nSPS) is 18.1. The highest BCUT2D eigenvalue weighted by atomic mass is 79.9. The first-order chi connectivity index (χ1) is 14.5. The van der Waals surface area contributed by atoms with Gasteiger partial charge in [0, 0.05) is 29.0 Å². The van der Waals surface area contributed by atoms with Gasteiger partial charge in [0.1, 0.15) is 5.76 Å². The summed E-state index contributed by atoms with van der Waals surface area (Å²) >= 11 is 3.45. The number of hydrogen-bond donors (Lipinski definition) is 1. The van der Waals surface area contributed by atoms with Gasteiger partial charge < -0.3 is 10.0 Å². The van der Waals surface area contributed by atoms with Gasteiger partial charge in [-0.1, -0.05) is 58.4 Å². The van der Waals surface area contributed by atoms with Crippen LogP contribution in [0.4, 0.5) is 0 Å². The number of hydrogen-bond acceptors (Lipinski definition) is 4. The molecule has 0 saturated carbocycles. The molecule has 2 aromatic carbocycles. The van der Waals surface area contributed by atoms with Crippen LogP contribution in [0.3, 0.4) is 0 Å². The standard InChI is InChI=1S/C24H19BrN2O3/c1-15-12-18(9-10-19(15)25)22(28)20-21(17-7-3-2-4-8-17)27(24(30)23(20)29)14-16-6-5-11-26-13-16/h2-13,21,28H,14H2,1H3/b22-20-. The van der Waals surface area contributed by atoms with Crippen LogP contribution in [0.1, 0.15) is 28.3 Å². The van der Waals surface area contributed by atoms with Gasteiger partial charge >= 0.3 is 0 Å². The van der Waals surface area contributed by atoms with Gasteiger partial charge in [0.2, 0.25) is 0 Å². The van der Waals surface area contributed by atoms with E-state index in [4.69, 9.17) is 0 Å². The van der Waals surface area contributed by atoms with E-state index < -0.39 is 17.7 Å². The first-order valence-corrected chi connectivity index (χ1v) is 10.3. The minimum atomic E-state index is -0.689. The molecule has 4 rings (SSSR count). The van der Waals surface area contributed by atoms with Crippen LogP contribution in [0.25, 0.3) is 5.76 Å². The molecular formula is C24H19BrN2O3. The van der Waals surface area contributed by atoms with Crippen molar-refractivity contribution in [3.8, 4) is 0 Å². The van der Waals surface area contributed by atoms with E-state index in [1.807, 2.05) is 49.4 Å². The summed E-state index contributed by atoms with van der Waals surface area (Å²) in [6.45, 7) is 2.12. The Morgan fingerprint density at radius 1 is 1.10 bits per heavy atom. The number of aliphatic hydroxyl groups is 1. The lowest BCUT2D eigenvalue weighted by atomic mass is 9.95. The van der Waals surface area contributed by atoms with E-state index in [1.54, 1.807) is 30.6 Å². The van der Waals surface area contributed by atoms with Gasteiger partial charge in [0.05, 0.1) is 11.6 Å². The van der Waals surface area contributed by atoms with Crippen LogP contribution in [-0.2, 0) is 16.1 Å². The number of rotatable bonds is 4. The Labute approximate surface area is 182 Å². The fourth-order valence-electron chi connectivity index (χ4n) is 3.66. The van der Waals surface area contributed by atoms with Gasteiger partial charge in [-0.2, -0.15) is 0 Å². The number of pyridine rings is 1. The van der Waals surface area contributed by atoms with Crippen molar-refractivity contribution in [2.45, 2.75) is 19.5 Å². The van der Waals surface area contributed by atoms with Gasteiger partial charge in [-0.25, -0.2) is 0 Å². The summed E-state index contributed by atoms with van der Waals surface area (Å²) in [5, 5.41) is 11.1. The van der Waals surface area contributed by atoms with E-state index in [2.05, 4.69) is 20.9 Å². The predicted molar refractivity (Wildman–Crippen MR) is 117 cm³/mol. The molecule has 1 N–H and O–H groups in total. The first-order valence-electron chi connectivity index (χ1n) is 9.46. The van der Waals surface area contributed by atoms with Crippen LogP contribution in [0, 0.1) is 6.92 Å². The van der Waals surface area contributed by atoms with Crippen LogP contribution in [0.2, 0.25) is 0 Å². The van der Waals surface area contributed by atoms with E-state index in [9.17, 15) is 14.7 Å². The highest BCUT2D eigenvalue weighted by molar-refractivity contribution is 9.10. The van der Waals surface area contributed by atoms with Crippen LogP contribution >= 0.6 is 15.9 Å². The smallest absolute Gasteiger partial charge is 0.295 e. The third kappa shape index (κ3) is 3.66. The Morgan fingerprint density at radius 2 is 1.87 bits per heavy atom. The summed E-state index contributed by atoms with van der Waals surface area (Å²) in [4.78, 5) is 31.6. The summed E-state index contributed by atoms with van der Waals surface area (Å²) in [5.41, 5.74) is 3.07. The van der Waals surface area contributed by atoms with Gasteiger partial charge in [-0.15, -0.1) is 0 Å². The molecule has 2 heterocycles. The molecule has 3 aromatic rings. The minimum Gasteiger partial charge on any atom is -0.507 e. The number of halogens is 1. The van der Waals surface area contributed by atoms with Crippen molar-refractivity contribution in [2.24, 2.45) is 0 Å². The fraction of sp³-hybridized carbons (Fsp3) is 0.125. The Bertz CT molecular complexity index is 1140. The van der Waals surface area contributed by atoms with Gasteiger partial charge in [-0.3, -0.25) is 14.6 Å². The van der Waals surface area contributed by atoms with Crippen molar-refractivity contribution in [1.82, 2.24) is 9.88 Å². The number of nitrogens with zero attached hydrogens (tertiary/aromatic N) is 2. The first kappa shape index (κ1) is 20.0. The van der Waals surface area contributed by atoms with Crippen molar-refractivity contribution >= 4 is 33.4 Å². The second-order valence-electron chi connectivity index (χ2n) is 7.16. The van der Waals surface area contributed by atoms with E-state index in [0.29, 0.717) is 5.56 Å². The zero-order valence-corrected chi connectivity index (χ0v) is 17.8. The van der Waals surface area contributed by atoms with Crippen LogP contribution in [-0.4, -0.2) is 26.7 Å². The number of carbonyl (C=O) groups excluding carboxylic acids is 2. The van der Waals surface area contributed by atoms with E-state index in [-0.39, 0.29) is 17.9 Å². The predicted octanol–water partition coefficient (Wildman–Crippen LogP) is 4.77. The Morgan fingerprint density at radius 3 is 2.53 bits per heavy atom. The highest BCUT2D eigenvalue weighted by Gasteiger charge is 2.46. The molecule has 1 fully saturated rings. The molecule has 1 aromatic heterocycles. The average molecular weight is 463 g/mol. The van der Waals surface area contributed by atoms with Crippen LogP contribution in [0.15, 0.2) is 83.1 Å². The molecule has 0 aliphatic carbocycles. The molecule has 5 nitrogen and oxygen atoms in total. The third-order valence-corrected chi connectivity index (χ3v) is 6.05. The maximum atomic E-state index is 13.0. The van der Waals surface area contributed by atoms with Crippen molar-refractivity contribution in [3.63, 3.8) is 0 Å².